The fourth-order valence-corrected chi connectivity index (χ4v) is 6.48. The van der Waals surface area contributed by atoms with Crippen LogP contribution >= 0.6 is 0 Å². The maximum atomic E-state index is 12.8. The predicted molar refractivity (Wildman–Crippen MR) is 117 cm³/mol. The Hall–Kier alpha value is -1.81. The van der Waals surface area contributed by atoms with Gasteiger partial charge in [-0.2, -0.15) is 0 Å². The number of guanidine groups is 1. The number of sulfone groups is 1. The van der Waals surface area contributed by atoms with Gasteiger partial charge in [-0.05, 0) is 38.8 Å². The molecule has 2 aliphatic rings. The van der Waals surface area contributed by atoms with E-state index in [0.29, 0.717) is 32.1 Å². The summed E-state index contributed by atoms with van der Waals surface area (Å²) in [5, 5.41) is 3.16. The Balaban J connectivity index is 1.70. The minimum Gasteiger partial charge on any atom is -0.357 e. The number of hydrogen-bond acceptors (Lipinski definition) is 5. The number of hydrogen-bond donors (Lipinski definition) is 1. The summed E-state index contributed by atoms with van der Waals surface area (Å²) in [6.07, 6.45) is 0.721. The van der Waals surface area contributed by atoms with E-state index in [1.165, 1.54) is 4.31 Å². The Bertz CT molecular complexity index is 987. The standard InChI is InChI=1S/C19H30N4O4S2/c1-4-20-18(22-12-14-28(24,25)19(2,3)15-22)21-10-13-29(26,27)23-11-9-16-7-5-6-8-17(16)23/h5-8H,4,9-15H2,1-3H3,(H,20,21). The van der Waals surface area contributed by atoms with Crippen LogP contribution in [0.5, 0.6) is 0 Å². The molecule has 0 unspecified atom stereocenters. The zero-order chi connectivity index (χ0) is 21.3. The molecule has 2 aliphatic heterocycles. The van der Waals surface area contributed by atoms with Gasteiger partial charge in [0.05, 0.1) is 28.5 Å². The lowest BCUT2D eigenvalue weighted by Gasteiger charge is -2.39. The van der Waals surface area contributed by atoms with Crippen LogP contribution in [0.4, 0.5) is 5.69 Å². The highest BCUT2D eigenvalue weighted by Crippen LogP contribution is 2.30. The van der Waals surface area contributed by atoms with Crippen LogP contribution in [-0.4, -0.2) is 76.7 Å². The smallest absolute Gasteiger partial charge is 0.237 e. The molecule has 8 nitrogen and oxygen atoms in total. The van der Waals surface area contributed by atoms with Crippen molar-refractivity contribution < 1.29 is 16.8 Å². The molecule has 0 aliphatic carbocycles. The summed E-state index contributed by atoms with van der Waals surface area (Å²) in [7, 11) is -6.62. The highest BCUT2D eigenvalue weighted by molar-refractivity contribution is 7.93. The second kappa shape index (κ2) is 8.14. The van der Waals surface area contributed by atoms with E-state index < -0.39 is 24.6 Å². The molecule has 0 radical (unpaired) electrons. The molecule has 0 saturated carbocycles. The first-order valence-electron chi connectivity index (χ1n) is 9.91. The van der Waals surface area contributed by atoms with Gasteiger partial charge in [0.2, 0.25) is 10.0 Å². The fourth-order valence-electron chi connectivity index (χ4n) is 3.72. The van der Waals surface area contributed by atoms with Gasteiger partial charge in [-0.1, -0.05) is 18.2 Å². The van der Waals surface area contributed by atoms with Gasteiger partial charge in [0.15, 0.2) is 15.8 Å². The van der Waals surface area contributed by atoms with Crippen molar-refractivity contribution in [1.29, 1.82) is 0 Å². The maximum absolute atomic E-state index is 12.8. The van der Waals surface area contributed by atoms with Gasteiger partial charge >= 0.3 is 0 Å². The normalized spacial score (nSPS) is 21.1. The highest BCUT2D eigenvalue weighted by atomic mass is 32.2. The molecular weight excluding hydrogens is 412 g/mol. The van der Waals surface area contributed by atoms with Gasteiger partial charge in [-0.25, -0.2) is 16.8 Å². The number of anilines is 1. The molecule has 1 N–H and O–H groups in total. The average Bonchev–Trinajstić information content (AvgIpc) is 3.08. The second-order valence-corrected chi connectivity index (χ2v) is 12.8. The molecule has 0 atom stereocenters. The Labute approximate surface area is 174 Å². The summed E-state index contributed by atoms with van der Waals surface area (Å²) >= 11 is 0. The SMILES string of the molecule is CCNC(=NCCS(=O)(=O)N1CCc2ccccc21)N1CCS(=O)(=O)C(C)(C)C1. The van der Waals surface area contributed by atoms with Gasteiger partial charge in [0.1, 0.15) is 0 Å². The summed E-state index contributed by atoms with van der Waals surface area (Å²) in [5.41, 5.74) is 1.80. The molecule has 1 saturated heterocycles. The van der Waals surface area contributed by atoms with Crippen molar-refractivity contribution in [3.8, 4) is 0 Å². The van der Waals surface area contributed by atoms with Gasteiger partial charge in [0.25, 0.3) is 0 Å². The summed E-state index contributed by atoms with van der Waals surface area (Å²) < 4.78 is 50.8. The van der Waals surface area contributed by atoms with Gasteiger partial charge in [0, 0.05) is 26.2 Å². The predicted octanol–water partition coefficient (Wildman–Crippen LogP) is 0.853. The summed E-state index contributed by atoms with van der Waals surface area (Å²) in [5.74, 6) is 0.534. The maximum Gasteiger partial charge on any atom is 0.237 e. The first-order valence-corrected chi connectivity index (χ1v) is 13.2. The second-order valence-electron chi connectivity index (χ2n) is 8.00. The third-order valence-corrected chi connectivity index (χ3v) is 9.75. The molecule has 0 spiro atoms. The largest absolute Gasteiger partial charge is 0.357 e. The van der Waals surface area contributed by atoms with Crippen LogP contribution in [0.2, 0.25) is 0 Å². The fraction of sp³-hybridized carbons (Fsp3) is 0.632. The van der Waals surface area contributed by atoms with Crippen LogP contribution in [-0.2, 0) is 26.3 Å². The van der Waals surface area contributed by atoms with E-state index in [2.05, 4.69) is 10.3 Å². The monoisotopic (exact) mass is 442 g/mol. The van der Waals surface area contributed by atoms with E-state index in [1.54, 1.807) is 13.8 Å². The third-order valence-electron chi connectivity index (χ3n) is 5.47. The summed E-state index contributed by atoms with van der Waals surface area (Å²) in [6, 6.07) is 7.56. The molecule has 0 amide bonds. The number of benzene rings is 1. The molecule has 29 heavy (non-hydrogen) atoms. The Morgan fingerprint density at radius 1 is 1.24 bits per heavy atom. The molecule has 0 bridgehead atoms. The first-order chi connectivity index (χ1) is 13.6. The van der Waals surface area contributed by atoms with E-state index in [1.807, 2.05) is 36.1 Å². The Kier molecular flexibility index (Phi) is 6.14. The van der Waals surface area contributed by atoms with Crippen LogP contribution in [0.15, 0.2) is 29.3 Å². The van der Waals surface area contributed by atoms with Crippen LogP contribution in [0.3, 0.4) is 0 Å². The van der Waals surface area contributed by atoms with E-state index in [4.69, 9.17) is 0 Å². The van der Waals surface area contributed by atoms with Crippen LogP contribution in [0.1, 0.15) is 26.3 Å². The number of fused-ring (bicyclic) bond motifs is 1. The van der Waals surface area contributed by atoms with Crippen molar-refractivity contribution >= 4 is 31.5 Å². The molecule has 1 fully saturated rings. The average molecular weight is 443 g/mol. The van der Waals surface area contributed by atoms with E-state index in [0.717, 1.165) is 17.7 Å². The molecule has 162 valence electrons. The van der Waals surface area contributed by atoms with Crippen LogP contribution in [0.25, 0.3) is 0 Å². The molecule has 1 aromatic rings. The number of aliphatic imine (C=N–C) groups is 1. The van der Waals surface area contributed by atoms with Gasteiger partial charge in [-0.15, -0.1) is 0 Å². The van der Waals surface area contributed by atoms with E-state index in [9.17, 15) is 16.8 Å². The number of sulfonamides is 1. The molecular formula is C19H30N4O4S2. The number of nitrogens with one attached hydrogen (secondary N) is 1. The van der Waals surface area contributed by atoms with E-state index >= 15 is 0 Å². The topological polar surface area (TPSA) is 99.2 Å². The minimum atomic E-state index is -3.47. The van der Waals surface area contributed by atoms with Gasteiger partial charge < -0.3 is 10.2 Å². The third kappa shape index (κ3) is 4.53. The Morgan fingerprint density at radius 2 is 1.97 bits per heavy atom. The molecule has 2 heterocycles. The van der Waals surface area contributed by atoms with Crippen molar-refractivity contribution in [1.82, 2.24) is 10.2 Å². The van der Waals surface area contributed by atoms with Crippen LogP contribution < -0.4 is 9.62 Å². The van der Waals surface area contributed by atoms with Crippen molar-refractivity contribution in [2.75, 3.05) is 48.5 Å². The minimum absolute atomic E-state index is 0.0628. The number of nitrogens with zero attached hydrogens (tertiary/aromatic N) is 3. The summed E-state index contributed by atoms with van der Waals surface area (Å²) in [4.78, 5) is 6.40. The lowest BCUT2D eigenvalue weighted by Crippen LogP contribution is -2.57. The number of rotatable bonds is 5. The molecule has 10 heteroatoms. The Morgan fingerprint density at radius 3 is 2.66 bits per heavy atom. The van der Waals surface area contributed by atoms with Crippen molar-refractivity contribution in [3.05, 3.63) is 29.8 Å². The number of para-hydroxylation sites is 1. The lowest BCUT2D eigenvalue weighted by atomic mass is 10.2. The van der Waals surface area contributed by atoms with Crippen molar-refractivity contribution in [2.45, 2.75) is 31.9 Å². The van der Waals surface area contributed by atoms with Gasteiger partial charge in [-0.3, -0.25) is 9.30 Å². The summed E-state index contributed by atoms with van der Waals surface area (Å²) in [6.45, 7) is 7.24. The molecule has 1 aromatic carbocycles. The lowest BCUT2D eigenvalue weighted by molar-refractivity contribution is 0.353. The first kappa shape index (κ1) is 21.9. The quantitative estimate of drug-likeness (QED) is 0.536. The highest BCUT2D eigenvalue weighted by Gasteiger charge is 2.41. The molecule has 3 rings (SSSR count). The zero-order valence-corrected chi connectivity index (χ0v) is 18.9. The molecule has 0 aromatic heterocycles. The zero-order valence-electron chi connectivity index (χ0n) is 17.3. The van der Waals surface area contributed by atoms with Crippen molar-refractivity contribution in [3.63, 3.8) is 0 Å². The van der Waals surface area contributed by atoms with E-state index in [-0.39, 0.29) is 18.1 Å². The van der Waals surface area contributed by atoms with Crippen molar-refractivity contribution in [2.24, 2.45) is 4.99 Å². The van der Waals surface area contributed by atoms with Crippen LogP contribution in [0, 0.1) is 0 Å².